The van der Waals surface area contributed by atoms with E-state index >= 15 is 0 Å². The Kier molecular flexibility index (Phi) is 6.43. The van der Waals surface area contributed by atoms with Crippen molar-refractivity contribution in [2.75, 3.05) is 0 Å². The molecule has 0 N–H and O–H groups in total. The van der Waals surface area contributed by atoms with Crippen molar-refractivity contribution in [3.05, 3.63) is 157 Å². The summed E-state index contributed by atoms with van der Waals surface area (Å²) in [6.07, 6.45) is 0. The summed E-state index contributed by atoms with van der Waals surface area (Å²) < 4.78 is 0. The zero-order valence-electron chi connectivity index (χ0n) is 24.7. The van der Waals surface area contributed by atoms with Crippen LogP contribution < -0.4 is 0 Å². The summed E-state index contributed by atoms with van der Waals surface area (Å²) in [5, 5.41) is 1.05. The molecule has 8 rings (SSSR count). The molecular formula is C41H30N2S. The first-order valence-corrected chi connectivity index (χ1v) is 15.8. The molecule has 0 unspecified atom stereocenters. The van der Waals surface area contributed by atoms with Gasteiger partial charge in [0.05, 0.1) is 11.2 Å². The predicted molar refractivity (Wildman–Crippen MR) is 184 cm³/mol. The third-order valence-corrected chi connectivity index (χ3v) is 9.91. The van der Waals surface area contributed by atoms with Gasteiger partial charge in [-0.05, 0) is 63.7 Å². The zero-order valence-corrected chi connectivity index (χ0v) is 25.5. The van der Waals surface area contributed by atoms with Crippen LogP contribution in [0.1, 0.15) is 25.0 Å². The van der Waals surface area contributed by atoms with Gasteiger partial charge >= 0.3 is 0 Å². The van der Waals surface area contributed by atoms with Crippen LogP contribution in [0, 0.1) is 0 Å². The van der Waals surface area contributed by atoms with Crippen molar-refractivity contribution in [3.63, 3.8) is 0 Å². The first kappa shape index (κ1) is 26.6. The minimum absolute atomic E-state index is 0.0426. The fourth-order valence-corrected chi connectivity index (χ4v) is 7.71. The molecule has 0 bridgehead atoms. The van der Waals surface area contributed by atoms with Gasteiger partial charge in [0.15, 0.2) is 5.82 Å². The molecular weight excluding hydrogens is 553 g/mol. The van der Waals surface area contributed by atoms with Crippen LogP contribution in [0.2, 0.25) is 0 Å². The van der Waals surface area contributed by atoms with E-state index in [1.165, 1.54) is 37.6 Å². The molecule has 0 fully saturated rings. The van der Waals surface area contributed by atoms with Gasteiger partial charge in [0, 0.05) is 31.7 Å². The summed E-state index contributed by atoms with van der Waals surface area (Å²) in [6.45, 7) is 4.68. The van der Waals surface area contributed by atoms with Crippen LogP contribution in [0.4, 0.5) is 0 Å². The molecule has 2 nitrogen and oxygen atoms in total. The Morgan fingerprint density at radius 2 is 1.07 bits per heavy atom. The Morgan fingerprint density at radius 3 is 1.89 bits per heavy atom. The van der Waals surface area contributed by atoms with Crippen LogP contribution in [0.15, 0.2) is 155 Å². The van der Waals surface area contributed by atoms with E-state index in [0.717, 1.165) is 39.1 Å². The molecule has 1 aliphatic rings. The van der Waals surface area contributed by atoms with Crippen LogP contribution >= 0.6 is 11.8 Å². The van der Waals surface area contributed by atoms with E-state index in [9.17, 15) is 0 Å². The zero-order chi connectivity index (χ0) is 29.7. The Bertz CT molecular complexity index is 2160. The maximum absolute atomic E-state index is 5.08. The van der Waals surface area contributed by atoms with Crippen molar-refractivity contribution in [2.45, 2.75) is 29.1 Å². The summed E-state index contributed by atoms with van der Waals surface area (Å²) in [7, 11) is 0. The van der Waals surface area contributed by atoms with Crippen LogP contribution in [0.5, 0.6) is 0 Å². The van der Waals surface area contributed by atoms with E-state index in [-0.39, 0.29) is 5.41 Å². The number of benzene rings is 6. The van der Waals surface area contributed by atoms with E-state index in [1.54, 1.807) is 0 Å². The highest BCUT2D eigenvalue weighted by Crippen LogP contribution is 2.49. The average Bonchev–Trinajstić information content (AvgIpc) is 3.08. The Morgan fingerprint density at radius 1 is 0.455 bits per heavy atom. The number of nitrogens with zero attached hydrogens (tertiary/aromatic N) is 2. The third-order valence-electron chi connectivity index (χ3n) is 8.76. The molecule has 3 heteroatoms. The molecule has 0 amide bonds. The quantitative estimate of drug-likeness (QED) is 0.206. The van der Waals surface area contributed by atoms with E-state index in [2.05, 4.69) is 135 Å². The second-order valence-electron chi connectivity index (χ2n) is 11.9. The van der Waals surface area contributed by atoms with Gasteiger partial charge in [0.2, 0.25) is 0 Å². The molecule has 0 saturated heterocycles. The van der Waals surface area contributed by atoms with Gasteiger partial charge in [0.1, 0.15) is 0 Å². The number of para-hydroxylation sites is 1. The molecule has 0 spiro atoms. The molecule has 0 atom stereocenters. The second-order valence-corrected chi connectivity index (χ2v) is 13.0. The van der Waals surface area contributed by atoms with Crippen molar-refractivity contribution in [2.24, 2.45) is 0 Å². The first-order valence-electron chi connectivity index (χ1n) is 15.0. The summed E-state index contributed by atoms with van der Waals surface area (Å²) in [5.41, 5.74) is 11.6. The van der Waals surface area contributed by atoms with E-state index < -0.39 is 0 Å². The number of hydrogen-bond acceptors (Lipinski definition) is 3. The van der Waals surface area contributed by atoms with Gasteiger partial charge in [-0.3, -0.25) is 0 Å². The normalized spacial score (nSPS) is 13.3. The predicted octanol–water partition coefficient (Wildman–Crippen LogP) is 11.1. The van der Waals surface area contributed by atoms with E-state index in [1.807, 2.05) is 36.0 Å². The van der Waals surface area contributed by atoms with Crippen LogP contribution in [0.3, 0.4) is 0 Å². The SMILES string of the molecule is CC1(C)c2ccccc2Sc2ccc(-c3ccc(-c4cccc(-c5nc(-c6ccccc6)nc6ccccc56)c4)cc3)cc21. The molecule has 0 aliphatic carbocycles. The maximum atomic E-state index is 5.08. The lowest BCUT2D eigenvalue weighted by Gasteiger charge is -2.34. The monoisotopic (exact) mass is 582 g/mol. The smallest absolute Gasteiger partial charge is 0.160 e. The van der Waals surface area contributed by atoms with Crippen LogP contribution in [-0.4, -0.2) is 9.97 Å². The number of rotatable bonds is 4. The van der Waals surface area contributed by atoms with E-state index in [0.29, 0.717) is 0 Å². The highest BCUT2D eigenvalue weighted by atomic mass is 32.2. The number of fused-ring (bicyclic) bond motifs is 3. The van der Waals surface area contributed by atoms with Crippen molar-refractivity contribution < 1.29 is 0 Å². The summed E-state index contributed by atoms with van der Waals surface area (Å²) in [6, 6.07) is 51.8. The lowest BCUT2D eigenvalue weighted by Crippen LogP contribution is -2.23. The molecule has 6 aromatic carbocycles. The summed E-state index contributed by atoms with van der Waals surface area (Å²) >= 11 is 1.88. The van der Waals surface area contributed by atoms with Crippen molar-refractivity contribution >= 4 is 22.7 Å². The highest BCUT2D eigenvalue weighted by molar-refractivity contribution is 7.99. The average molecular weight is 583 g/mol. The largest absolute Gasteiger partial charge is 0.228 e. The molecule has 0 saturated carbocycles. The highest BCUT2D eigenvalue weighted by Gasteiger charge is 2.33. The van der Waals surface area contributed by atoms with Gasteiger partial charge in [-0.15, -0.1) is 0 Å². The fraction of sp³-hybridized carbons (Fsp3) is 0.0732. The number of hydrogen-bond donors (Lipinski definition) is 0. The molecule has 1 aromatic heterocycles. The van der Waals surface area contributed by atoms with Crippen LogP contribution in [-0.2, 0) is 5.41 Å². The van der Waals surface area contributed by atoms with Gasteiger partial charge in [-0.2, -0.15) is 0 Å². The molecule has 210 valence electrons. The fourth-order valence-electron chi connectivity index (χ4n) is 6.34. The molecule has 1 aliphatic heterocycles. The molecule has 2 heterocycles. The summed E-state index contributed by atoms with van der Waals surface area (Å²) in [5.74, 6) is 0.740. The first-order chi connectivity index (χ1) is 21.5. The van der Waals surface area contributed by atoms with Gasteiger partial charge < -0.3 is 0 Å². The maximum Gasteiger partial charge on any atom is 0.160 e. The number of aromatic nitrogens is 2. The van der Waals surface area contributed by atoms with Gasteiger partial charge in [-0.25, -0.2) is 9.97 Å². The molecule has 7 aromatic rings. The lowest BCUT2D eigenvalue weighted by molar-refractivity contribution is 0.607. The van der Waals surface area contributed by atoms with Crippen molar-refractivity contribution in [1.29, 1.82) is 0 Å². The third kappa shape index (κ3) is 4.61. The van der Waals surface area contributed by atoms with Gasteiger partial charge in [-0.1, -0.05) is 141 Å². The minimum Gasteiger partial charge on any atom is -0.228 e. The molecule has 0 radical (unpaired) electrons. The van der Waals surface area contributed by atoms with Crippen molar-refractivity contribution in [3.8, 4) is 44.9 Å². The Balaban J connectivity index is 1.14. The molecule has 44 heavy (non-hydrogen) atoms. The van der Waals surface area contributed by atoms with Crippen molar-refractivity contribution in [1.82, 2.24) is 9.97 Å². The summed E-state index contributed by atoms with van der Waals surface area (Å²) in [4.78, 5) is 12.7. The minimum atomic E-state index is -0.0426. The second kappa shape index (κ2) is 10.6. The standard InChI is InChI=1S/C41H30N2S/c1-41(2)34-16-7-9-18-37(34)44-38-24-23-31(26-35(38)41)28-21-19-27(20-22-28)30-13-10-14-32(25-30)39-33-15-6-8-17-36(33)42-40(43-39)29-11-4-3-5-12-29/h3-26H,1-2H3. The topological polar surface area (TPSA) is 25.8 Å². The van der Waals surface area contributed by atoms with E-state index in [4.69, 9.17) is 9.97 Å². The Labute approximate surface area is 262 Å². The lowest BCUT2D eigenvalue weighted by atomic mass is 9.77. The Hall–Kier alpha value is -4.99. The van der Waals surface area contributed by atoms with Gasteiger partial charge in [0.25, 0.3) is 0 Å². The van der Waals surface area contributed by atoms with Crippen LogP contribution in [0.25, 0.3) is 55.8 Å².